The molecule has 0 spiro atoms. The van der Waals surface area contributed by atoms with Crippen molar-refractivity contribution in [3.05, 3.63) is 35.9 Å². The molecule has 1 aromatic rings. The zero-order valence-corrected chi connectivity index (χ0v) is 9.61. The summed E-state index contributed by atoms with van der Waals surface area (Å²) in [5, 5.41) is 10.5. The van der Waals surface area contributed by atoms with Gasteiger partial charge in [0.25, 0.3) is 0 Å². The highest BCUT2D eigenvalue weighted by atomic mass is 32.1. The molecule has 0 saturated carbocycles. The van der Waals surface area contributed by atoms with Gasteiger partial charge in [-0.1, -0.05) is 30.3 Å². The van der Waals surface area contributed by atoms with Crippen LogP contribution in [0.15, 0.2) is 30.3 Å². The first-order valence-electron chi connectivity index (χ1n) is 5.39. The van der Waals surface area contributed by atoms with Gasteiger partial charge in [-0.3, -0.25) is 4.90 Å². The Hall–Kier alpha value is -0.510. The predicted molar refractivity (Wildman–Crippen MR) is 65.2 cm³/mol. The summed E-state index contributed by atoms with van der Waals surface area (Å²) >= 11 is 4.44. The monoisotopic (exact) mass is 223 g/mol. The van der Waals surface area contributed by atoms with Crippen LogP contribution in [0.4, 0.5) is 0 Å². The number of β-amino-alcohol motifs (C(OH)–C–C–N with tert-alkyl or cyclic N) is 1. The van der Waals surface area contributed by atoms with Gasteiger partial charge in [-0.05, 0) is 18.5 Å². The summed E-state index contributed by atoms with van der Waals surface area (Å²) in [6.07, 6.45) is 0.759. The second kappa shape index (κ2) is 5.01. The van der Waals surface area contributed by atoms with Gasteiger partial charge in [0.1, 0.15) is 0 Å². The van der Waals surface area contributed by atoms with Crippen LogP contribution in [0.3, 0.4) is 0 Å². The summed E-state index contributed by atoms with van der Waals surface area (Å²) < 4.78 is 0. The zero-order valence-electron chi connectivity index (χ0n) is 8.71. The Balaban J connectivity index is 1.90. The predicted octanol–water partition coefficient (Wildman–Crippen LogP) is 1.72. The molecule has 1 aliphatic rings. The average molecular weight is 223 g/mol. The Bertz CT molecular complexity index is 304. The molecule has 2 atom stereocenters. The third kappa shape index (κ3) is 2.97. The molecule has 1 N–H and O–H groups in total. The minimum absolute atomic E-state index is 0.371. The highest BCUT2D eigenvalue weighted by Crippen LogP contribution is 2.19. The third-order valence-electron chi connectivity index (χ3n) is 2.86. The van der Waals surface area contributed by atoms with Gasteiger partial charge in [0.05, 0.1) is 6.10 Å². The lowest BCUT2D eigenvalue weighted by Gasteiger charge is -2.19. The Morgan fingerprint density at radius 1 is 1.40 bits per heavy atom. The van der Waals surface area contributed by atoms with Crippen LogP contribution >= 0.6 is 12.6 Å². The first kappa shape index (κ1) is 11.0. The van der Waals surface area contributed by atoms with Gasteiger partial charge in [-0.15, -0.1) is 0 Å². The number of aliphatic hydroxyl groups excluding tert-OH is 1. The van der Waals surface area contributed by atoms with Crippen molar-refractivity contribution in [3.8, 4) is 0 Å². The van der Waals surface area contributed by atoms with Crippen molar-refractivity contribution < 1.29 is 5.11 Å². The zero-order chi connectivity index (χ0) is 10.7. The maximum Gasteiger partial charge on any atom is 0.0916 e. The van der Waals surface area contributed by atoms with E-state index < -0.39 is 0 Å². The van der Waals surface area contributed by atoms with E-state index in [1.807, 2.05) is 30.3 Å². The minimum atomic E-state index is -0.371. The molecule has 15 heavy (non-hydrogen) atoms. The van der Waals surface area contributed by atoms with Crippen molar-refractivity contribution >= 4 is 12.6 Å². The van der Waals surface area contributed by atoms with Crippen molar-refractivity contribution in [2.75, 3.05) is 19.6 Å². The largest absolute Gasteiger partial charge is 0.387 e. The standard InChI is InChI=1S/C12H17NOS/c14-12(10-4-2-1-3-5-10)9-13-7-6-11(15)8-13/h1-5,11-12,14-15H,6-9H2. The second-order valence-electron chi connectivity index (χ2n) is 4.13. The van der Waals surface area contributed by atoms with Crippen molar-refractivity contribution in [2.24, 2.45) is 0 Å². The SMILES string of the molecule is OC(CN1CCC(S)C1)c1ccccc1. The molecule has 1 heterocycles. The molecule has 82 valence electrons. The van der Waals surface area contributed by atoms with Gasteiger partial charge >= 0.3 is 0 Å². The summed E-state index contributed by atoms with van der Waals surface area (Å²) in [6.45, 7) is 2.77. The van der Waals surface area contributed by atoms with Crippen molar-refractivity contribution in [3.63, 3.8) is 0 Å². The molecule has 0 radical (unpaired) electrons. The van der Waals surface area contributed by atoms with E-state index in [2.05, 4.69) is 17.5 Å². The molecular formula is C12H17NOS. The maximum atomic E-state index is 10.0. The number of nitrogens with zero attached hydrogens (tertiary/aromatic N) is 1. The van der Waals surface area contributed by atoms with Gasteiger partial charge in [0, 0.05) is 18.3 Å². The number of hydrogen-bond donors (Lipinski definition) is 2. The summed E-state index contributed by atoms with van der Waals surface area (Å²) in [6, 6.07) is 9.83. The van der Waals surface area contributed by atoms with Crippen LogP contribution in [0.2, 0.25) is 0 Å². The number of rotatable bonds is 3. The summed E-state index contributed by atoms with van der Waals surface area (Å²) in [5.41, 5.74) is 1.00. The van der Waals surface area contributed by atoms with E-state index in [-0.39, 0.29) is 6.10 Å². The first-order valence-corrected chi connectivity index (χ1v) is 5.91. The molecule has 1 saturated heterocycles. The van der Waals surface area contributed by atoms with Crippen molar-refractivity contribution in [1.82, 2.24) is 4.90 Å². The highest BCUT2D eigenvalue weighted by Gasteiger charge is 2.21. The van der Waals surface area contributed by atoms with Crippen LogP contribution in [0.5, 0.6) is 0 Å². The van der Waals surface area contributed by atoms with Gasteiger partial charge in [0.15, 0.2) is 0 Å². The third-order valence-corrected chi connectivity index (χ3v) is 3.28. The van der Waals surface area contributed by atoms with Crippen LogP contribution in [0, 0.1) is 0 Å². The summed E-state index contributed by atoms with van der Waals surface area (Å²) in [5.74, 6) is 0. The van der Waals surface area contributed by atoms with E-state index in [4.69, 9.17) is 0 Å². The molecule has 0 bridgehead atoms. The number of thiol groups is 1. The molecule has 0 amide bonds. The first-order chi connectivity index (χ1) is 7.25. The molecule has 1 aliphatic heterocycles. The molecule has 2 rings (SSSR count). The molecule has 2 unspecified atom stereocenters. The Kier molecular flexibility index (Phi) is 3.67. The molecule has 1 fully saturated rings. The van der Waals surface area contributed by atoms with Crippen molar-refractivity contribution in [2.45, 2.75) is 17.8 Å². The van der Waals surface area contributed by atoms with Crippen LogP contribution in [-0.2, 0) is 0 Å². The smallest absolute Gasteiger partial charge is 0.0916 e. The quantitative estimate of drug-likeness (QED) is 0.762. The number of likely N-dealkylation sites (tertiary alicyclic amines) is 1. The molecule has 3 heteroatoms. The lowest BCUT2D eigenvalue weighted by Crippen LogP contribution is -2.26. The van der Waals surface area contributed by atoms with E-state index >= 15 is 0 Å². The molecule has 2 nitrogen and oxygen atoms in total. The topological polar surface area (TPSA) is 23.5 Å². The fraction of sp³-hybridized carbons (Fsp3) is 0.500. The molecule has 0 aromatic heterocycles. The van der Waals surface area contributed by atoms with E-state index in [1.165, 1.54) is 0 Å². The Morgan fingerprint density at radius 2 is 2.13 bits per heavy atom. The van der Waals surface area contributed by atoms with Gasteiger partial charge in [-0.25, -0.2) is 0 Å². The number of benzene rings is 1. The fourth-order valence-corrected chi connectivity index (χ4v) is 2.35. The Labute approximate surface area is 96.3 Å². The minimum Gasteiger partial charge on any atom is -0.387 e. The van der Waals surface area contributed by atoms with E-state index in [0.717, 1.165) is 31.6 Å². The van der Waals surface area contributed by atoms with Crippen LogP contribution < -0.4 is 0 Å². The summed E-state index contributed by atoms with van der Waals surface area (Å²) in [7, 11) is 0. The van der Waals surface area contributed by atoms with Crippen LogP contribution in [0.25, 0.3) is 0 Å². The van der Waals surface area contributed by atoms with Crippen LogP contribution in [0.1, 0.15) is 18.1 Å². The van der Waals surface area contributed by atoms with Crippen LogP contribution in [-0.4, -0.2) is 34.9 Å². The van der Waals surface area contributed by atoms with Gasteiger partial charge < -0.3 is 5.11 Å². The van der Waals surface area contributed by atoms with E-state index in [9.17, 15) is 5.11 Å². The maximum absolute atomic E-state index is 10.0. The Morgan fingerprint density at radius 3 is 2.73 bits per heavy atom. The number of aliphatic hydroxyl groups is 1. The summed E-state index contributed by atoms with van der Waals surface area (Å²) in [4.78, 5) is 2.27. The van der Waals surface area contributed by atoms with Gasteiger partial charge in [-0.2, -0.15) is 12.6 Å². The molecule has 1 aromatic carbocycles. The normalized spacial score (nSPS) is 24.3. The van der Waals surface area contributed by atoms with Crippen molar-refractivity contribution in [1.29, 1.82) is 0 Å². The van der Waals surface area contributed by atoms with E-state index in [0.29, 0.717) is 5.25 Å². The molecular weight excluding hydrogens is 206 g/mol. The van der Waals surface area contributed by atoms with E-state index in [1.54, 1.807) is 0 Å². The van der Waals surface area contributed by atoms with Gasteiger partial charge in [0.2, 0.25) is 0 Å². The lowest BCUT2D eigenvalue weighted by molar-refractivity contribution is 0.126. The lowest BCUT2D eigenvalue weighted by atomic mass is 10.1. The highest BCUT2D eigenvalue weighted by molar-refractivity contribution is 7.81. The fourth-order valence-electron chi connectivity index (χ4n) is 2.00. The second-order valence-corrected chi connectivity index (χ2v) is 4.86. The average Bonchev–Trinajstić information content (AvgIpc) is 2.65. The number of hydrogen-bond acceptors (Lipinski definition) is 3. The molecule has 0 aliphatic carbocycles.